The Balaban J connectivity index is 5.25. The predicted octanol–water partition coefficient (Wildman–Crippen LogP) is 5.23. The predicted molar refractivity (Wildman–Crippen MR) is 178 cm³/mol. The molecule has 9 nitrogen and oxygen atoms in total. The minimum Gasteiger partial charge on any atom is -0.381 e. The van der Waals surface area contributed by atoms with Crippen LogP contribution in [-0.4, -0.2) is 99.6 Å². The standard InChI is InChI=1S/C31H54Cl4N2O7/c1-23(16-32)27(38)9-5-6-12-42-20-31(15-28(39)24(2)17-33,21-43-13-7-10-36-29(40)25(3)18-34)22-44-14-8-11-37-30(41)26(4)19-35/h23-26H,5-22H2,1-4H3,(H,36,40)(H,37,41). The van der Waals surface area contributed by atoms with E-state index in [1.54, 1.807) is 20.8 Å². The topological polar surface area (TPSA) is 120 Å². The second kappa shape index (κ2) is 26.4. The lowest BCUT2D eigenvalue weighted by molar-refractivity contribution is -0.132. The number of rotatable bonds is 29. The van der Waals surface area contributed by atoms with Crippen molar-refractivity contribution in [3.8, 4) is 0 Å². The van der Waals surface area contributed by atoms with Crippen molar-refractivity contribution in [1.29, 1.82) is 0 Å². The molecule has 0 aromatic carbocycles. The number of nitrogens with one attached hydrogen (secondary N) is 2. The van der Waals surface area contributed by atoms with Crippen LogP contribution in [0, 0.1) is 29.1 Å². The largest absolute Gasteiger partial charge is 0.381 e. The van der Waals surface area contributed by atoms with Crippen LogP contribution < -0.4 is 10.6 Å². The Labute approximate surface area is 284 Å². The van der Waals surface area contributed by atoms with Crippen LogP contribution in [0.3, 0.4) is 0 Å². The average Bonchev–Trinajstić information content (AvgIpc) is 3.03. The third kappa shape index (κ3) is 19.7. The van der Waals surface area contributed by atoms with Gasteiger partial charge in [-0.15, -0.1) is 46.4 Å². The second-order valence-electron chi connectivity index (χ2n) is 11.7. The van der Waals surface area contributed by atoms with Crippen LogP contribution in [0.2, 0.25) is 0 Å². The van der Waals surface area contributed by atoms with Crippen molar-refractivity contribution in [2.45, 2.75) is 66.2 Å². The number of carbonyl (C=O) groups excluding carboxylic acids is 4. The van der Waals surface area contributed by atoms with Gasteiger partial charge in [0, 0.05) is 98.4 Å². The molecule has 2 amide bonds. The van der Waals surface area contributed by atoms with Crippen molar-refractivity contribution in [3.63, 3.8) is 0 Å². The summed E-state index contributed by atoms with van der Waals surface area (Å²) < 4.78 is 18.1. The third-order valence-electron chi connectivity index (χ3n) is 7.19. The lowest BCUT2D eigenvalue weighted by Gasteiger charge is -2.33. The maximum atomic E-state index is 13.1. The zero-order valence-corrected chi connectivity index (χ0v) is 29.9. The molecule has 258 valence electrons. The Hall–Kier alpha value is -0.680. The minimum atomic E-state index is -0.771. The van der Waals surface area contributed by atoms with Crippen molar-refractivity contribution in [3.05, 3.63) is 0 Å². The maximum Gasteiger partial charge on any atom is 0.224 e. The highest BCUT2D eigenvalue weighted by Crippen LogP contribution is 2.27. The number of carbonyl (C=O) groups is 4. The van der Waals surface area contributed by atoms with Gasteiger partial charge in [-0.2, -0.15) is 0 Å². The molecule has 4 atom stereocenters. The van der Waals surface area contributed by atoms with E-state index in [2.05, 4.69) is 10.6 Å². The van der Waals surface area contributed by atoms with Gasteiger partial charge in [0.05, 0.1) is 19.8 Å². The molecule has 0 aromatic heterocycles. The van der Waals surface area contributed by atoms with Gasteiger partial charge < -0.3 is 24.8 Å². The average molecular weight is 709 g/mol. The van der Waals surface area contributed by atoms with Gasteiger partial charge in [0.25, 0.3) is 0 Å². The number of hydrogen-bond acceptors (Lipinski definition) is 7. The van der Waals surface area contributed by atoms with Gasteiger partial charge in [0.2, 0.25) is 11.8 Å². The van der Waals surface area contributed by atoms with Crippen molar-refractivity contribution in [2.75, 3.05) is 76.3 Å². The Morgan fingerprint density at radius 1 is 0.568 bits per heavy atom. The number of hydrogen-bond donors (Lipinski definition) is 2. The molecule has 0 aliphatic rings. The fraction of sp³-hybridized carbons (Fsp3) is 0.871. The molecule has 4 unspecified atom stereocenters. The fourth-order valence-electron chi connectivity index (χ4n) is 3.87. The first kappa shape index (κ1) is 43.3. The molecule has 0 fully saturated rings. The SMILES string of the molecule is CC(CCl)C(=O)CCCCOCC(COCCCNC(=O)C(C)CCl)(COCCCNC(=O)C(C)CCl)CC(=O)C(C)CCl. The van der Waals surface area contributed by atoms with Gasteiger partial charge in [-0.25, -0.2) is 0 Å². The Kier molecular flexibility index (Phi) is 26.0. The quantitative estimate of drug-likeness (QED) is 0.0807. The van der Waals surface area contributed by atoms with Crippen LogP contribution in [0.5, 0.6) is 0 Å². The van der Waals surface area contributed by atoms with Crippen LogP contribution in [-0.2, 0) is 33.4 Å². The lowest BCUT2D eigenvalue weighted by Crippen LogP contribution is -2.41. The van der Waals surface area contributed by atoms with Gasteiger partial charge >= 0.3 is 0 Å². The molecule has 0 rings (SSSR count). The molecular formula is C31H54Cl4N2O7. The smallest absolute Gasteiger partial charge is 0.224 e. The van der Waals surface area contributed by atoms with Crippen molar-refractivity contribution >= 4 is 69.8 Å². The molecule has 0 aromatic rings. The van der Waals surface area contributed by atoms with E-state index in [-0.39, 0.29) is 90.9 Å². The van der Waals surface area contributed by atoms with E-state index in [1.165, 1.54) is 0 Å². The summed E-state index contributed by atoms with van der Waals surface area (Å²) in [6.07, 6.45) is 3.14. The van der Waals surface area contributed by atoms with Gasteiger partial charge in [-0.05, 0) is 25.7 Å². The molecule has 44 heavy (non-hydrogen) atoms. The van der Waals surface area contributed by atoms with Crippen LogP contribution in [0.1, 0.15) is 66.2 Å². The van der Waals surface area contributed by atoms with E-state index in [0.29, 0.717) is 70.9 Å². The number of ketones is 2. The van der Waals surface area contributed by atoms with Crippen molar-refractivity contribution in [1.82, 2.24) is 10.6 Å². The van der Waals surface area contributed by atoms with E-state index in [9.17, 15) is 19.2 Å². The summed E-state index contributed by atoms with van der Waals surface area (Å²) in [5.41, 5.74) is -0.771. The molecule has 0 aliphatic carbocycles. The monoisotopic (exact) mass is 706 g/mol. The van der Waals surface area contributed by atoms with E-state index in [4.69, 9.17) is 60.6 Å². The van der Waals surface area contributed by atoms with Crippen LogP contribution >= 0.6 is 46.4 Å². The highest BCUT2D eigenvalue weighted by Gasteiger charge is 2.35. The van der Waals surface area contributed by atoms with Crippen molar-refractivity contribution in [2.24, 2.45) is 29.1 Å². The van der Waals surface area contributed by atoms with Crippen LogP contribution in [0.4, 0.5) is 0 Å². The highest BCUT2D eigenvalue weighted by atomic mass is 35.5. The number of alkyl halides is 4. The Morgan fingerprint density at radius 3 is 1.36 bits per heavy atom. The summed E-state index contributed by atoms with van der Waals surface area (Å²) >= 11 is 23.3. The highest BCUT2D eigenvalue weighted by molar-refractivity contribution is 6.20. The van der Waals surface area contributed by atoms with Crippen molar-refractivity contribution < 1.29 is 33.4 Å². The number of Topliss-reactive ketones (excluding diaryl/α,β-unsaturated/α-hetero) is 2. The molecule has 2 N–H and O–H groups in total. The van der Waals surface area contributed by atoms with E-state index < -0.39 is 5.41 Å². The first-order valence-electron chi connectivity index (χ1n) is 15.5. The van der Waals surface area contributed by atoms with Crippen LogP contribution in [0.15, 0.2) is 0 Å². The zero-order chi connectivity index (χ0) is 33.4. The fourth-order valence-corrected chi connectivity index (χ4v) is 4.49. The summed E-state index contributed by atoms with van der Waals surface area (Å²) in [6.45, 7) is 9.78. The van der Waals surface area contributed by atoms with E-state index in [1.807, 2.05) is 6.92 Å². The lowest BCUT2D eigenvalue weighted by atomic mass is 9.82. The van der Waals surface area contributed by atoms with E-state index in [0.717, 1.165) is 0 Å². The normalized spacial score (nSPS) is 15.5. The van der Waals surface area contributed by atoms with E-state index >= 15 is 0 Å². The second-order valence-corrected chi connectivity index (χ2v) is 13.0. The third-order valence-corrected chi connectivity index (χ3v) is 9.04. The number of halogens is 4. The molecule has 0 radical (unpaired) electrons. The van der Waals surface area contributed by atoms with Gasteiger partial charge in [-0.1, -0.05) is 27.7 Å². The molecule has 13 heteroatoms. The summed E-state index contributed by atoms with van der Waals surface area (Å²) in [6, 6.07) is 0. The first-order chi connectivity index (χ1) is 21.0. The number of ether oxygens (including phenoxy) is 3. The van der Waals surface area contributed by atoms with Gasteiger partial charge in [0.1, 0.15) is 11.6 Å². The molecule has 0 spiro atoms. The Bertz CT molecular complexity index is 738. The molecule has 0 heterocycles. The maximum absolute atomic E-state index is 13.1. The van der Waals surface area contributed by atoms with Crippen LogP contribution in [0.25, 0.3) is 0 Å². The number of amides is 2. The van der Waals surface area contributed by atoms with Gasteiger partial charge in [-0.3, -0.25) is 19.2 Å². The molecule has 0 saturated heterocycles. The molecule has 0 aliphatic heterocycles. The summed E-state index contributed by atoms with van der Waals surface area (Å²) in [5, 5.41) is 5.68. The summed E-state index contributed by atoms with van der Waals surface area (Å²) in [4.78, 5) is 49.1. The summed E-state index contributed by atoms with van der Waals surface area (Å²) in [7, 11) is 0. The Morgan fingerprint density at radius 2 is 0.955 bits per heavy atom. The zero-order valence-electron chi connectivity index (χ0n) is 26.9. The first-order valence-corrected chi connectivity index (χ1v) is 17.7. The van der Waals surface area contributed by atoms with Gasteiger partial charge in [0.15, 0.2) is 0 Å². The molecule has 0 saturated carbocycles. The minimum absolute atomic E-state index is 0.0129. The molecule has 0 bridgehead atoms. The number of unbranched alkanes of at least 4 members (excludes halogenated alkanes) is 1. The molecular weight excluding hydrogens is 654 g/mol. The summed E-state index contributed by atoms with van der Waals surface area (Å²) in [5.74, 6) is -0.123.